The average molecular weight is 248 g/mol. The van der Waals surface area contributed by atoms with Crippen LogP contribution in [0.5, 0.6) is 5.75 Å². The third-order valence-corrected chi connectivity index (χ3v) is 3.83. The van der Waals surface area contributed by atoms with Gasteiger partial charge in [-0.15, -0.1) is 0 Å². The molecule has 0 aliphatic carbocycles. The van der Waals surface area contributed by atoms with Gasteiger partial charge in [0.05, 0.1) is 7.11 Å². The maximum absolute atomic E-state index is 5.48. The summed E-state index contributed by atoms with van der Waals surface area (Å²) in [5.41, 5.74) is 3.93. The van der Waals surface area contributed by atoms with Crippen LogP contribution in [-0.2, 0) is 6.42 Å². The summed E-state index contributed by atoms with van der Waals surface area (Å²) in [4.78, 5) is 2.53. The molecule has 0 saturated carbocycles. The first kappa shape index (κ1) is 13.4. The molecular formula is C15H24N2O. The lowest BCUT2D eigenvalue weighted by Gasteiger charge is -2.27. The third-order valence-electron chi connectivity index (χ3n) is 3.83. The SMILES string of the molecule is COc1c(C)ccc(CCN2CCNCC2)c1C. The average Bonchev–Trinajstić information content (AvgIpc) is 2.40. The highest BCUT2D eigenvalue weighted by Gasteiger charge is 2.12. The van der Waals surface area contributed by atoms with Gasteiger partial charge in [-0.1, -0.05) is 12.1 Å². The molecule has 0 bridgehead atoms. The smallest absolute Gasteiger partial charge is 0.124 e. The molecule has 0 unspecified atom stereocenters. The molecule has 1 heterocycles. The molecule has 100 valence electrons. The molecule has 1 aromatic rings. The lowest BCUT2D eigenvalue weighted by molar-refractivity contribution is 0.243. The molecule has 0 aromatic heterocycles. The second kappa shape index (κ2) is 6.21. The van der Waals surface area contributed by atoms with E-state index in [4.69, 9.17) is 4.74 Å². The Bertz CT molecular complexity index is 398. The van der Waals surface area contributed by atoms with Crippen LogP contribution in [0.25, 0.3) is 0 Å². The zero-order valence-electron chi connectivity index (χ0n) is 11.8. The van der Waals surface area contributed by atoms with Gasteiger partial charge in [-0.2, -0.15) is 0 Å². The Morgan fingerprint density at radius 1 is 1.22 bits per heavy atom. The van der Waals surface area contributed by atoms with Gasteiger partial charge >= 0.3 is 0 Å². The summed E-state index contributed by atoms with van der Waals surface area (Å²) in [6, 6.07) is 4.41. The maximum atomic E-state index is 5.48. The Morgan fingerprint density at radius 2 is 1.94 bits per heavy atom. The van der Waals surface area contributed by atoms with Crippen molar-refractivity contribution in [2.24, 2.45) is 0 Å². The van der Waals surface area contributed by atoms with E-state index < -0.39 is 0 Å². The van der Waals surface area contributed by atoms with E-state index in [9.17, 15) is 0 Å². The Labute approximate surface area is 110 Å². The van der Waals surface area contributed by atoms with Gasteiger partial charge in [0.25, 0.3) is 0 Å². The van der Waals surface area contributed by atoms with Crippen LogP contribution < -0.4 is 10.1 Å². The Kier molecular flexibility index (Phi) is 4.61. The summed E-state index contributed by atoms with van der Waals surface area (Å²) >= 11 is 0. The normalized spacial score (nSPS) is 16.8. The highest BCUT2D eigenvalue weighted by atomic mass is 16.5. The lowest BCUT2D eigenvalue weighted by Crippen LogP contribution is -2.44. The van der Waals surface area contributed by atoms with Crippen LogP contribution in [0.3, 0.4) is 0 Å². The van der Waals surface area contributed by atoms with Crippen molar-refractivity contribution in [2.75, 3.05) is 39.8 Å². The fourth-order valence-corrected chi connectivity index (χ4v) is 2.67. The van der Waals surface area contributed by atoms with Crippen LogP contribution in [0.4, 0.5) is 0 Å². The summed E-state index contributed by atoms with van der Waals surface area (Å²) in [6.07, 6.45) is 1.11. The maximum Gasteiger partial charge on any atom is 0.124 e. The van der Waals surface area contributed by atoms with Crippen molar-refractivity contribution in [3.8, 4) is 5.75 Å². The van der Waals surface area contributed by atoms with E-state index in [1.54, 1.807) is 7.11 Å². The van der Waals surface area contributed by atoms with E-state index in [2.05, 4.69) is 36.2 Å². The molecule has 1 aliphatic rings. The number of rotatable bonds is 4. The largest absolute Gasteiger partial charge is 0.496 e. The van der Waals surface area contributed by atoms with Crippen LogP contribution in [0, 0.1) is 13.8 Å². The minimum atomic E-state index is 1.05. The van der Waals surface area contributed by atoms with Crippen molar-refractivity contribution in [3.05, 3.63) is 28.8 Å². The van der Waals surface area contributed by atoms with Gasteiger partial charge in [0.15, 0.2) is 0 Å². The predicted octanol–water partition coefficient (Wildman–Crippen LogP) is 1.76. The van der Waals surface area contributed by atoms with Crippen molar-refractivity contribution in [1.82, 2.24) is 10.2 Å². The highest BCUT2D eigenvalue weighted by molar-refractivity contribution is 5.45. The first-order valence-electron chi connectivity index (χ1n) is 6.78. The quantitative estimate of drug-likeness (QED) is 0.879. The fraction of sp³-hybridized carbons (Fsp3) is 0.600. The lowest BCUT2D eigenvalue weighted by atomic mass is 10.0. The predicted molar refractivity (Wildman–Crippen MR) is 75.5 cm³/mol. The monoisotopic (exact) mass is 248 g/mol. The topological polar surface area (TPSA) is 24.5 Å². The van der Waals surface area contributed by atoms with Crippen molar-refractivity contribution in [3.63, 3.8) is 0 Å². The molecular weight excluding hydrogens is 224 g/mol. The van der Waals surface area contributed by atoms with Crippen molar-refractivity contribution in [1.29, 1.82) is 0 Å². The van der Waals surface area contributed by atoms with Gasteiger partial charge in [0, 0.05) is 32.7 Å². The van der Waals surface area contributed by atoms with E-state index in [-0.39, 0.29) is 0 Å². The molecule has 1 fully saturated rings. The summed E-state index contributed by atoms with van der Waals surface area (Å²) in [7, 11) is 1.76. The highest BCUT2D eigenvalue weighted by Crippen LogP contribution is 2.26. The van der Waals surface area contributed by atoms with Gasteiger partial charge in [-0.05, 0) is 37.0 Å². The summed E-state index contributed by atoms with van der Waals surface area (Å²) in [6.45, 7) is 10.00. The standard InChI is InChI=1S/C15H24N2O/c1-12-4-5-14(13(2)15(12)18-3)6-9-17-10-7-16-8-11-17/h4-5,16H,6-11H2,1-3H3. The molecule has 1 aromatic carbocycles. The molecule has 18 heavy (non-hydrogen) atoms. The summed E-state index contributed by atoms with van der Waals surface area (Å²) < 4.78 is 5.48. The zero-order chi connectivity index (χ0) is 13.0. The molecule has 2 rings (SSSR count). The van der Waals surface area contributed by atoms with Crippen molar-refractivity contribution >= 4 is 0 Å². The molecule has 0 atom stereocenters. The van der Waals surface area contributed by atoms with E-state index in [0.29, 0.717) is 0 Å². The van der Waals surface area contributed by atoms with Gasteiger partial charge in [0.1, 0.15) is 5.75 Å². The minimum absolute atomic E-state index is 1.05. The number of aryl methyl sites for hydroxylation is 1. The molecule has 1 N–H and O–H groups in total. The summed E-state index contributed by atoms with van der Waals surface area (Å²) in [5, 5.41) is 3.39. The van der Waals surface area contributed by atoms with Crippen LogP contribution in [0.2, 0.25) is 0 Å². The van der Waals surface area contributed by atoms with E-state index in [1.807, 2.05) is 0 Å². The number of ether oxygens (including phenoxy) is 1. The van der Waals surface area contributed by atoms with Crippen LogP contribution in [-0.4, -0.2) is 44.7 Å². The van der Waals surface area contributed by atoms with E-state index >= 15 is 0 Å². The number of piperazine rings is 1. The second-order valence-corrected chi connectivity index (χ2v) is 5.04. The van der Waals surface area contributed by atoms with Gasteiger partial charge in [-0.25, -0.2) is 0 Å². The second-order valence-electron chi connectivity index (χ2n) is 5.04. The van der Waals surface area contributed by atoms with Crippen LogP contribution >= 0.6 is 0 Å². The molecule has 0 radical (unpaired) electrons. The van der Waals surface area contributed by atoms with E-state index in [0.717, 1.165) is 31.8 Å². The number of nitrogens with one attached hydrogen (secondary N) is 1. The molecule has 3 heteroatoms. The third kappa shape index (κ3) is 3.03. The minimum Gasteiger partial charge on any atom is -0.496 e. The number of benzene rings is 1. The molecule has 1 aliphatic heterocycles. The number of hydrogen-bond donors (Lipinski definition) is 1. The molecule has 0 spiro atoms. The van der Waals surface area contributed by atoms with Crippen LogP contribution in [0.15, 0.2) is 12.1 Å². The molecule has 1 saturated heterocycles. The molecule has 3 nitrogen and oxygen atoms in total. The Morgan fingerprint density at radius 3 is 2.61 bits per heavy atom. The van der Waals surface area contributed by atoms with E-state index in [1.165, 1.54) is 29.8 Å². The Balaban J connectivity index is 2.00. The number of methoxy groups -OCH3 is 1. The first-order chi connectivity index (χ1) is 8.72. The first-order valence-corrected chi connectivity index (χ1v) is 6.78. The van der Waals surface area contributed by atoms with Gasteiger partial charge < -0.3 is 15.0 Å². The number of hydrogen-bond acceptors (Lipinski definition) is 3. The fourth-order valence-electron chi connectivity index (χ4n) is 2.67. The van der Waals surface area contributed by atoms with Gasteiger partial charge in [-0.3, -0.25) is 0 Å². The van der Waals surface area contributed by atoms with Gasteiger partial charge in [0.2, 0.25) is 0 Å². The number of nitrogens with zero attached hydrogens (tertiary/aromatic N) is 1. The Hall–Kier alpha value is -1.06. The van der Waals surface area contributed by atoms with Crippen LogP contribution in [0.1, 0.15) is 16.7 Å². The molecule has 0 amide bonds. The van der Waals surface area contributed by atoms with Crippen molar-refractivity contribution in [2.45, 2.75) is 20.3 Å². The summed E-state index contributed by atoms with van der Waals surface area (Å²) in [5.74, 6) is 1.05. The zero-order valence-corrected chi connectivity index (χ0v) is 11.8. The van der Waals surface area contributed by atoms with Crippen molar-refractivity contribution < 1.29 is 4.74 Å².